The molecule has 1 aliphatic rings. The van der Waals surface area contributed by atoms with Crippen molar-refractivity contribution in [3.8, 4) is 5.75 Å². The molecule has 0 aliphatic heterocycles. The van der Waals surface area contributed by atoms with Crippen molar-refractivity contribution >= 4 is 5.91 Å². The van der Waals surface area contributed by atoms with Crippen molar-refractivity contribution in [2.45, 2.75) is 26.2 Å². The van der Waals surface area contributed by atoms with Crippen LogP contribution in [0.3, 0.4) is 0 Å². The summed E-state index contributed by atoms with van der Waals surface area (Å²) in [6, 6.07) is 9.36. The van der Waals surface area contributed by atoms with Gasteiger partial charge in [-0.15, -0.1) is 0 Å². The van der Waals surface area contributed by atoms with Gasteiger partial charge < -0.3 is 4.74 Å². The van der Waals surface area contributed by atoms with Crippen LogP contribution in [0, 0.1) is 6.92 Å². The van der Waals surface area contributed by atoms with Crippen LogP contribution in [0.4, 0.5) is 0 Å². The molecule has 3 rings (SSSR count). The number of nitrogens with zero attached hydrogens (tertiary/aromatic N) is 2. The van der Waals surface area contributed by atoms with Gasteiger partial charge in [0, 0.05) is 0 Å². The summed E-state index contributed by atoms with van der Waals surface area (Å²) in [6.07, 6.45) is 3.09. The van der Waals surface area contributed by atoms with Crippen LogP contribution < -0.4 is 4.74 Å². The van der Waals surface area contributed by atoms with E-state index in [4.69, 9.17) is 4.74 Å². The molecule has 0 saturated carbocycles. The quantitative estimate of drug-likeness (QED) is 0.847. The minimum Gasteiger partial charge on any atom is -0.484 e. The predicted octanol–water partition coefficient (Wildman–Crippen LogP) is 2.40. The normalized spacial score (nSPS) is 13.3. The largest absolute Gasteiger partial charge is 0.484 e. The third-order valence-electron chi connectivity index (χ3n) is 3.47. The molecule has 1 aromatic carbocycles. The Hall–Kier alpha value is -2.10. The smallest absolute Gasteiger partial charge is 0.284 e. The Morgan fingerprint density at radius 2 is 2.11 bits per heavy atom. The van der Waals surface area contributed by atoms with Crippen molar-refractivity contribution in [3.63, 3.8) is 0 Å². The number of aryl methyl sites for hydroxylation is 1. The SMILES string of the molecule is Cc1nn(C(=O)COc2ccccc2)c2c1CCC2. The molecule has 0 atom stereocenters. The van der Waals surface area contributed by atoms with Crippen LogP contribution in [-0.4, -0.2) is 22.3 Å². The number of hydrogen-bond acceptors (Lipinski definition) is 3. The monoisotopic (exact) mass is 256 g/mol. The number of fused-ring (bicyclic) bond motifs is 1. The zero-order valence-corrected chi connectivity index (χ0v) is 10.9. The molecule has 0 bridgehead atoms. The van der Waals surface area contributed by atoms with Gasteiger partial charge in [0.05, 0.1) is 11.4 Å². The number of carbonyl (C=O) groups is 1. The second-order valence-electron chi connectivity index (χ2n) is 4.77. The predicted molar refractivity (Wildman–Crippen MR) is 71.6 cm³/mol. The molecule has 1 aliphatic carbocycles. The summed E-state index contributed by atoms with van der Waals surface area (Å²) in [5.74, 6) is 0.603. The second kappa shape index (κ2) is 4.88. The summed E-state index contributed by atoms with van der Waals surface area (Å²) in [4.78, 5) is 12.2. The first-order valence-electron chi connectivity index (χ1n) is 6.54. The van der Waals surface area contributed by atoms with Crippen LogP contribution in [0.1, 0.15) is 28.2 Å². The van der Waals surface area contributed by atoms with Gasteiger partial charge in [-0.3, -0.25) is 4.79 Å². The Balaban J connectivity index is 1.73. The molecule has 19 heavy (non-hydrogen) atoms. The van der Waals surface area contributed by atoms with Gasteiger partial charge in [0.2, 0.25) is 0 Å². The van der Waals surface area contributed by atoms with E-state index in [0.717, 1.165) is 30.7 Å². The standard InChI is InChI=1S/C15H16N2O2/c1-11-13-8-5-9-14(13)17(16-11)15(18)10-19-12-6-3-2-4-7-12/h2-4,6-7H,5,8-10H2,1H3. The number of benzene rings is 1. The Labute approximate surface area is 112 Å². The summed E-state index contributed by atoms with van der Waals surface area (Å²) < 4.78 is 7.01. The molecule has 4 heteroatoms. The molecule has 0 saturated heterocycles. The van der Waals surface area contributed by atoms with Gasteiger partial charge in [0.1, 0.15) is 5.75 Å². The fourth-order valence-corrected chi connectivity index (χ4v) is 2.55. The van der Waals surface area contributed by atoms with Crippen molar-refractivity contribution in [2.24, 2.45) is 0 Å². The number of hydrogen-bond donors (Lipinski definition) is 0. The van der Waals surface area contributed by atoms with Crippen LogP contribution in [0.2, 0.25) is 0 Å². The van der Waals surface area contributed by atoms with E-state index >= 15 is 0 Å². The molecular formula is C15H16N2O2. The summed E-state index contributed by atoms with van der Waals surface area (Å²) >= 11 is 0. The van der Waals surface area contributed by atoms with Gasteiger partial charge in [-0.05, 0) is 43.9 Å². The van der Waals surface area contributed by atoms with E-state index in [1.807, 2.05) is 37.3 Å². The zero-order chi connectivity index (χ0) is 13.2. The van der Waals surface area contributed by atoms with E-state index in [9.17, 15) is 4.79 Å². The van der Waals surface area contributed by atoms with Crippen molar-refractivity contribution in [1.82, 2.24) is 9.78 Å². The highest BCUT2D eigenvalue weighted by Crippen LogP contribution is 2.24. The highest BCUT2D eigenvalue weighted by molar-refractivity contribution is 5.80. The summed E-state index contributed by atoms with van der Waals surface area (Å²) in [7, 11) is 0. The molecule has 0 spiro atoms. The molecule has 0 unspecified atom stereocenters. The number of aromatic nitrogens is 2. The average molecular weight is 256 g/mol. The number of para-hydroxylation sites is 1. The number of carbonyl (C=O) groups excluding carboxylic acids is 1. The Morgan fingerprint density at radius 3 is 2.89 bits per heavy atom. The highest BCUT2D eigenvalue weighted by Gasteiger charge is 2.23. The fraction of sp³-hybridized carbons (Fsp3) is 0.333. The first-order chi connectivity index (χ1) is 9.25. The zero-order valence-electron chi connectivity index (χ0n) is 10.9. The van der Waals surface area contributed by atoms with E-state index in [1.165, 1.54) is 10.2 Å². The molecule has 0 fully saturated rings. The molecular weight excluding hydrogens is 240 g/mol. The van der Waals surface area contributed by atoms with Gasteiger partial charge >= 0.3 is 0 Å². The summed E-state index contributed by atoms with van der Waals surface area (Å²) in [6.45, 7) is 1.99. The van der Waals surface area contributed by atoms with Gasteiger partial charge in [0.25, 0.3) is 5.91 Å². The fourth-order valence-electron chi connectivity index (χ4n) is 2.55. The third-order valence-corrected chi connectivity index (χ3v) is 3.47. The van der Waals surface area contributed by atoms with Crippen molar-refractivity contribution in [2.75, 3.05) is 6.61 Å². The molecule has 1 heterocycles. The number of rotatable bonds is 3. The summed E-state index contributed by atoms with van der Waals surface area (Å²) in [5.41, 5.74) is 3.28. The lowest BCUT2D eigenvalue weighted by Crippen LogP contribution is -2.22. The van der Waals surface area contributed by atoms with Crippen LogP contribution >= 0.6 is 0 Å². The molecule has 0 amide bonds. The summed E-state index contributed by atoms with van der Waals surface area (Å²) in [5, 5.41) is 4.33. The lowest BCUT2D eigenvalue weighted by molar-refractivity contribution is 0.0817. The van der Waals surface area contributed by atoms with Gasteiger partial charge in [-0.2, -0.15) is 5.10 Å². The van der Waals surface area contributed by atoms with Crippen LogP contribution in [0.15, 0.2) is 30.3 Å². The molecule has 4 nitrogen and oxygen atoms in total. The molecule has 1 aromatic heterocycles. The average Bonchev–Trinajstić information content (AvgIpc) is 3.02. The highest BCUT2D eigenvalue weighted by atomic mass is 16.5. The molecule has 2 aromatic rings. The van der Waals surface area contributed by atoms with Gasteiger partial charge in [-0.1, -0.05) is 18.2 Å². The molecule has 98 valence electrons. The minimum absolute atomic E-state index is 0.0254. The van der Waals surface area contributed by atoms with Crippen LogP contribution in [0.5, 0.6) is 5.75 Å². The lowest BCUT2D eigenvalue weighted by atomic mass is 10.2. The Kier molecular flexibility index (Phi) is 3.07. The first kappa shape index (κ1) is 12.0. The van der Waals surface area contributed by atoms with E-state index < -0.39 is 0 Å². The minimum atomic E-state index is -0.102. The second-order valence-corrected chi connectivity index (χ2v) is 4.77. The first-order valence-corrected chi connectivity index (χ1v) is 6.54. The Bertz CT molecular complexity index is 602. The molecule has 0 radical (unpaired) electrons. The van der Waals surface area contributed by atoms with E-state index in [0.29, 0.717) is 5.75 Å². The number of ether oxygens (including phenoxy) is 1. The van der Waals surface area contributed by atoms with E-state index in [1.54, 1.807) is 0 Å². The van der Waals surface area contributed by atoms with E-state index in [-0.39, 0.29) is 12.5 Å². The van der Waals surface area contributed by atoms with E-state index in [2.05, 4.69) is 5.10 Å². The van der Waals surface area contributed by atoms with Crippen LogP contribution in [-0.2, 0) is 12.8 Å². The van der Waals surface area contributed by atoms with Crippen molar-refractivity contribution < 1.29 is 9.53 Å². The Morgan fingerprint density at radius 1 is 1.32 bits per heavy atom. The van der Waals surface area contributed by atoms with Crippen molar-refractivity contribution in [3.05, 3.63) is 47.3 Å². The lowest BCUT2D eigenvalue weighted by Gasteiger charge is -2.06. The maximum atomic E-state index is 12.2. The van der Waals surface area contributed by atoms with Crippen LogP contribution in [0.25, 0.3) is 0 Å². The third kappa shape index (κ3) is 2.26. The van der Waals surface area contributed by atoms with Crippen molar-refractivity contribution in [1.29, 1.82) is 0 Å². The van der Waals surface area contributed by atoms with Gasteiger partial charge in [-0.25, -0.2) is 4.68 Å². The molecule has 0 N–H and O–H groups in total. The maximum Gasteiger partial charge on any atom is 0.284 e. The maximum absolute atomic E-state index is 12.2. The topological polar surface area (TPSA) is 44.1 Å². The van der Waals surface area contributed by atoms with Gasteiger partial charge in [0.15, 0.2) is 6.61 Å².